The molecule has 1 spiro atoms. The summed E-state index contributed by atoms with van der Waals surface area (Å²) in [5, 5.41) is 0. The van der Waals surface area contributed by atoms with Gasteiger partial charge in [-0.3, -0.25) is 14.5 Å². The molecule has 2 rings (SSSR count). The Labute approximate surface area is 172 Å². The van der Waals surface area contributed by atoms with E-state index in [9.17, 15) is 19.2 Å². The van der Waals surface area contributed by atoms with E-state index in [-0.39, 0.29) is 18.9 Å². The third-order valence-electron chi connectivity index (χ3n) is 4.69. The minimum atomic E-state index is -1.80. The van der Waals surface area contributed by atoms with Gasteiger partial charge in [-0.1, -0.05) is 26.0 Å². The molecule has 0 N–H and O–H groups in total. The van der Waals surface area contributed by atoms with Gasteiger partial charge in [-0.05, 0) is 47.5 Å². The molecule has 0 aromatic rings. The second-order valence-corrected chi connectivity index (χ2v) is 9.84. The Kier molecular flexibility index (Phi) is 5.89. The number of carbonyl (C=O) groups is 4. The highest BCUT2D eigenvalue weighted by Crippen LogP contribution is 2.40. The molecule has 0 saturated carbocycles. The summed E-state index contributed by atoms with van der Waals surface area (Å²) in [5.41, 5.74) is -3.44. The highest BCUT2D eigenvalue weighted by atomic mass is 16.6. The molecule has 0 aromatic heterocycles. The Balaban J connectivity index is 2.53. The minimum Gasteiger partial charge on any atom is -0.444 e. The average Bonchev–Trinajstić information content (AvgIpc) is 2.74. The van der Waals surface area contributed by atoms with E-state index in [0.717, 1.165) is 9.80 Å². The number of imide groups is 1. The van der Waals surface area contributed by atoms with Gasteiger partial charge in [0.2, 0.25) is 0 Å². The highest BCUT2D eigenvalue weighted by Gasteiger charge is 2.66. The zero-order chi connectivity index (χ0) is 22.4. The van der Waals surface area contributed by atoms with E-state index in [1.54, 1.807) is 67.5 Å². The van der Waals surface area contributed by atoms with Crippen LogP contribution in [-0.4, -0.2) is 63.0 Å². The van der Waals surface area contributed by atoms with Crippen molar-refractivity contribution in [1.29, 1.82) is 0 Å². The number of carbonyl (C=O) groups excluding carboxylic acids is 4. The zero-order valence-electron chi connectivity index (χ0n) is 18.6. The van der Waals surface area contributed by atoms with Crippen molar-refractivity contribution in [3.8, 4) is 0 Å². The van der Waals surface area contributed by atoms with E-state index in [1.807, 2.05) is 0 Å². The molecule has 2 aliphatic rings. The first-order valence-corrected chi connectivity index (χ1v) is 9.88. The Morgan fingerprint density at radius 1 is 1.00 bits per heavy atom. The monoisotopic (exact) mass is 408 g/mol. The molecule has 8 heteroatoms. The largest absolute Gasteiger partial charge is 0.444 e. The van der Waals surface area contributed by atoms with Crippen LogP contribution in [0.5, 0.6) is 0 Å². The van der Waals surface area contributed by atoms with Gasteiger partial charge in [-0.25, -0.2) is 14.5 Å². The molecule has 0 aromatic carbocycles. The van der Waals surface area contributed by atoms with Gasteiger partial charge < -0.3 is 9.47 Å². The summed E-state index contributed by atoms with van der Waals surface area (Å²) >= 11 is 0. The number of hydrogen-bond acceptors (Lipinski definition) is 6. The molecule has 0 unspecified atom stereocenters. The fraction of sp³-hybridized carbons (Fsp3) is 0.714. The summed E-state index contributed by atoms with van der Waals surface area (Å²) in [5.74, 6) is -1.58. The first-order valence-electron chi connectivity index (χ1n) is 9.88. The van der Waals surface area contributed by atoms with Crippen molar-refractivity contribution in [1.82, 2.24) is 9.80 Å². The second-order valence-electron chi connectivity index (χ2n) is 9.84. The number of amides is 3. The van der Waals surface area contributed by atoms with Crippen molar-refractivity contribution >= 4 is 23.9 Å². The summed E-state index contributed by atoms with van der Waals surface area (Å²) in [4.78, 5) is 54.8. The zero-order valence-corrected chi connectivity index (χ0v) is 18.6. The van der Waals surface area contributed by atoms with Crippen molar-refractivity contribution in [3.05, 3.63) is 12.2 Å². The number of hydrogen-bond donors (Lipinski definition) is 0. The van der Waals surface area contributed by atoms with Gasteiger partial charge >= 0.3 is 12.2 Å². The van der Waals surface area contributed by atoms with Crippen LogP contribution in [0.4, 0.5) is 9.59 Å². The summed E-state index contributed by atoms with van der Waals surface area (Å²) in [6.07, 6.45) is 1.73. The van der Waals surface area contributed by atoms with Crippen LogP contribution in [0.25, 0.3) is 0 Å². The number of likely N-dealkylation sites (tertiary alicyclic amines) is 1. The molecule has 0 bridgehead atoms. The summed E-state index contributed by atoms with van der Waals surface area (Å²) in [6, 6.07) is -1.02. The van der Waals surface area contributed by atoms with E-state index < -0.39 is 46.7 Å². The lowest BCUT2D eigenvalue weighted by Crippen LogP contribution is -2.62. The fourth-order valence-electron chi connectivity index (χ4n) is 3.58. The van der Waals surface area contributed by atoms with E-state index >= 15 is 0 Å². The van der Waals surface area contributed by atoms with Crippen LogP contribution in [0, 0.1) is 5.92 Å². The summed E-state index contributed by atoms with van der Waals surface area (Å²) < 4.78 is 10.8. The van der Waals surface area contributed by atoms with Gasteiger partial charge in [0.1, 0.15) is 17.2 Å². The SMILES string of the molecule is CC(C)[C@@H]1C(=O)[C@@]2(CC=CCN2C(=O)OC(C)(C)C)C(=O)N1C(=O)OC(C)(C)C. The van der Waals surface area contributed by atoms with E-state index in [1.165, 1.54) is 0 Å². The van der Waals surface area contributed by atoms with Crippen molar-refractivity contribution < 1.29 is 28.7 Å². The first kappa shape index (κ1) is 22.9. The van der Waals surface area contributed by atoms with Crippen LogP contribution in [0.3, 0.4) is 0 Å². The summed E-state index contributed by atoms with van der Waals surface area (Å²) in [6.45, 7) is 13.7. The van der Waals surface area contributed by atoms with Crippen molar-refractivity contribution in [2.24, 2.45) is 5.92 Å². The molecule has 1 fully saturated rings. The maximum Gasteiger partial charge on any atom is 0.417 e. The van der Waals surface area contributed by atoms with E-state index in [4.69, 9.17) is 9.47 Å². The van der Waals surface area contributed by atoms with Crippen molar-refractivity contribution in [3.63, 3.8) is 0 Å². The molecule has 29 heavy (non-hydrogen) atoms. The molecular weight excluding hydrogens is 376 g/mol. The van der Waals surface area contributed by atoms with E-state index in [2.05, 4.69) is 0 Å². The molecule has 2 aliphatic heterocycles. The molecule has 2 atom stereocenters. The second kappa shape index (κ2) is 7.46. The Morgan fingerprint density at radius 2 is 1.52 bits per heavy atom. The normalized spacial score (nSPS) is 25.2. The smallest absolute Gasteiger partial charge is 0.417 e. The molecule has 8 nitrogen and oxygen atoms in total. The maximum atomic E-state index is 13.5. The lowest BCUT2D eigenvalue weighted by atomic mass is 9.83. The first-order chi connectivity index (χ1) is 13.1. The Hall–Kier alpha value is -2.38. The number of ether oxygens (including phenoxy) is 2. The topological polar surface area (TPSA) is 93.2 Å². The van der Waals surface area contributed by atoms with Crippen LogP contribution in [0.15, 0.2) is 12.2 Å². The molecule has 0 radical (unpaired) electrons. The van der Waals surface area contributed by atoms with Crippen molar-refractivity contribution in [2.75, 3.05) is 6.54 Å². The number of nitrogens with zero attached hydrogens (tertiary/aromatic N) is 2. The lowest BCUT2D eigenvalue weighted by Gasteiger charge is -2.39. The van der Waals surface area contributed by atoms with Gasteiger partial charge in [-0.2, -0.15) is 0 Å². The molecule has 0 aliphatic carbocycles. The molecule has 162 valence electrons. The molecule has 1 saturated heterocycles. The Morgan fingerprint density at radius 3 is 2.00 bits per heavy atom. The van der Waals surface area contributed by atoms with Gasteiger partial charge in [0.05, 0.1) is 0 Å². The number of Topliss-reactive ketones (excluding diaryl/α,β-unsaturated/α-hetero) is 1. The predicted molar refractivity (Wildman–Crippen MR) is 106 cm³/mol. The molecule has 3 amide bonds. The number of rotatable bonds is 1. The number of ketones is 1. The van der Waals surface area contributed by atoms with Gasteiger partial charge in [0, 0.05) is 13.0 Å². The predicted octanol–water partition coefficient (Wildman–Crippen LogP) is 3.29. The van der Waals surface area contributed by atoms with Crippen molar-refractivity contribution in [2.45, 2.75) is 84.6 Å². The van der Waals surface area contributed by atoms with Crippen LogP contribution in [0.2, 0.25) is 0 Å². The standard InChI is InChI=1S/C21H32N2O6/c1-13(2)14-15(24)21(16(25)23(14)18(27)29-20(6,7)8)11-9-10-12-22(21)17(26)28-19(3,4)5/h9-10,13-14H,11-12H2,1-8H3/t14-,21+/m1/s1. The highest BCUT2D eigenvalue weighted by molar-refractivity contribution is 6.24. The molecule has 2 heterocycles. The van der Waals surface area contributed by atoms with Crippen LogP contribution >= 0.6 is 0 Å². The van der Waals surface area contributed by atoms with Crippen LogP contribution in [0.1, 0.15) is 61.8 Å². The maximum absolute atomic E-state index is 13.5. The average molecular weight is 408 g/mol. The quantitative estimate of drug-likeness (QED) is 0.488. The summed E-state index contributed by atoms with van der Waals surface area (Å²) in [7, 11) is 0. The fourth-order valence-corrected chi connectivity index (χ4v) is 3.58. The minimum absolute atomic E-state index is 0.00751. The third-order valence-corrected chi connectivity index (χ3v) is 4.69. The van der Waals surface area contributed by atoms with Crippen LogP contribution < -0.4 is 0 Å². The van der Waals surface area contributed by atoms with Gasteiger partial charge in [0.25, 0.3) is 5.91 Å². The lowest BCUT2D eigenvalue weighted by molar-refractivity contribution is -0.141. The van der Waals surface area contributed by atoms with Crippen LogP contribution in [-0.2, 0) is 19.1 Å². The van der Waals surface area contributed by atoms with Gasteiger partial charge in [-0.15, -0.1) is 0 Å². The Bertz CT molecular complexity index is 743. The van der Waals surface area contributed by atoms with E-state index in [0.29, 0.717) is 0 Å². The van der Waals surface area contributed by atoms with Gasteiger partial charge in [0.15, 0.2) is 11.3 Å². The third kappa shape index (κ3) is 4.31. The molecular formula is C21H32N2O6.